The zero-order valence-corrected chi connectivity index (χ0v) is 13.4. The number of hydrogen-bond donors (Lipinski definition) is 0. The minimum Gasteiger partial charge on any atom is -0.341 e. The summed E-state index contributed by atoms with van der Waals surface area (Å²) < 4.78 is 0. The maximum Gasteiger partial charge on any atom is 0.232 e. The molecule has 0 aromatic heterocycles. The normalized spacial score (nSPS) is 11.2. The van der Waals surface area contributed by atoms with E-state index >= 15 is 0 Å². The van der Waals surface area contributed by atoms with E-state index in [1.165, 1.54) is 0 Å². The minimum absolute atomic E-state index is 0.0914. The first-order valence-corrected chi connectivity index (χ1v) is 7.34. The molecule has 0 unspecified atom stereocenters. The number of likely N-dealkylation sites (N-methyl/N-ethyl adjacent to an activating group) is 1. The molecule has 0 N–H and O–H groups in total. The van der Waals surface area contributed by atoms with Crippen molar-refractivity contribution in [2.24, 2.45) is 0 Å². The van der Waals surface area contributed by atoms with Gasteiger partial charge in [0.15, 0.2) is 0 Å². The van der Waals surface area contributed by atoms with Crippen LogP contribution in [0.15, 0.2) is 54.6 Å². The highest BCUT2D eigenvalue weighted by Gasteiger charge is 2.32. The number of halogens is 1. The van der Waals surface area contributed by atoms with Gasteiger partial charge in [-0.2, -0.15) is 0 Å². The molecule has 0 radical (unpaired) electrons. The molecular formula is C18H20ClNO. The Hall–Kier alpha value is -1.80. The molecule has 0 saturated heterocycles. The fourth-order valence-corrected chi connectivity index (χ4v) is 2.65. The molecule has 2 aromatic rings. The van der Waals surface area contributed by atoms with Crippen LogP contribution in [0, 0.1) is 0 Å². The Labute approximate surface area is 131 Å². The fraction of sp³-hybridized carbons (Fsp3) is 0.278. The molecule has 21 heavy (non-hydrogen) atoms. The van der Waals surface area contributed by atoms with Gasteiger partial charge in [-0.05, 0) is 37.1 Å². The van der Waals surface area contributed by atoms with Gasteiger partial charge >= 0.3 is 0 Å². The second kappa shape index (κ2) is 6.31. The average molecular weight is 302 g/mol. The highest BCUT2D eigenvalue weighted by molar-refractivity contribution is 6.30. The molecule has 0 spiro atoms. The highest BCUT2D eigenvalue weighted by Crippen LogP contribution is 2.26. The van der Waals surface area contributed by atoms with E-state index in [1.54, 1.807) is 4.90 Å². The van der Waals surface area contributed by atoms with Gasteiger partial charge in [-0.25, -0.2) is 0 Å². The van der Waals surface area contributed by atoms with Crippen molar-refractivity contribution in [3.05, 3.63) is 70.7 Å². The monoisotopic (exact) mass is 301 g/mol. The van der Waals surface area contributed by atoms with Crippen molar-refractivity contribution in [1.29, 1.82) is 0 Å². The van der Waals surface area contributed by atoms with Crippen molar-refractivity contribution in [2.45, 2.75) is 25.8 Å². The standard InChI is InChI=1S/C18H20ClNO/c1-18(2,15-9-5-4-6-10-15)17(21)20(3)13-14-8-7-11-16(19)12-14/h4-12H,13H2,1-3H3. The number of amides is 1. The lowest BCUT2D eigenvalue weighted by Crippen LogP contribution is -2.40. The van der Waals surface area contributed by atoms with Crippen molar-refractivity contribution < 1.29 is 4.79 Å². The number of nitrogens with zero attached hydrogens (tertiary/aromatic N) is 1. The topological polar surface area (TPSA) is 20.3 Å². The van der Waals surface area contributed by atoms with Crippen LogP contribution in [0.1, 0.15) is 25.0 Å². The minimum atomic E-state index is -0.547. The average Bonchev–Trinajstić information content (AvgIpc) is 2.47. The van der Waals surface area contributed by atoms with Crippen molar-refractivity contribution in [3.8, 4) is 0 Å². The Morgan fingerprint density at radius 1 is 1.10 bits per heavy atom. The van der Waals surface area contributed by atoms with Gasteiger partial charge in [0.05, 0.1) is 5.41 Å². The second-order valence-electron chi connectivity index (χ2n) is 5.78. The third-order valence-corrected chi connectivity index (χ3v) is 3.92. The Morgan fingerprint density at radius 3 is 2.38 bits per heavy atom. The maximum absolute atomic E-state index is 12.7. The van der Waals surface area contributed by atoms with Gasteiger partial charge in [-0.15, -0.1) is 0 Å². The van der Waals surface area contributed by atoms with E-state index in [-0.39, 0.29) is 5.91 Å². The highest BCUT2D eigenvalue weighted by atomic mass is 35.5. The molecule has 0 bridgehead atoms. The lowest BCUT2D eigenvalue weighted by molar-refractivity contribution is -0.135. The van der Waals surface area contributed by atoms with Crippen LogP contribution in [0.5, 0.6) is 0 Å². The van der Waals surface area contributed by atoms with Crippen LogP contribution in [0.3, 0.4) is 0 Å². The van der Waals surface area contributed by atoms with E-state index in [1.807, 2.05) is 75.5 Å². The summed E-state index contributed by atoms with van der Waals surface area (Å²) in [6.07, 6.45) is 0. The second-order valence-corrected chi connectivity index (χ2v) is 6.22. The third-order valence-electron chi connectivity index (χ3n) is 3.69. The first kappa shape index (κ1) is 15.6. The largest absolute Gasteiger partial charge is 0.341 e. The summed E-state index contributed by atoms with van der Waals surface area (Å²) in [5.41, 5.74) is 1.50. The van der Waals surface area contributed by atoms with Gasteiger partial charge in [0.25, 0.3) is 0 Å². The van der Waals surface area contributed by atoms with Crippen LogP contribution < -0.4 is 0 Å². The van der Waals surface area contributed by atoms with Crippen LogP contribution in [-0.4, -0.2) is 17.9 Å². The Bertz CT molecular complexity index is 622. The summed E-state index contributed by atoms with van der Waals surface area (Å²) in [5.74, 6) is 0.0914. The van der Waals surface area contributed by atoms with Gasteiger partial charge in [0, 0.05) is 18.6 Å². The number of carbonyl (C=O) groups is 1. The summed E-state index contributed by atoms with van der Waals surface area (Å²) in [7, 11) is 1.83. The number of carbonyl (C=O) groups excluding carboxylic acids is 1. The lowest BCUT2D eigenvalue weighted by atomic mass is 9.83. The summed E-state index contributed by atoms with van der Waals surface area (Å²) in [5, 5.41) is 0.690. The lowest BCUT2D eigenvalue weighted by Gasteiger charge is -2.30. The van der Waals surface area contributed by atoms with E-state index in [9.17, 15) is 4.79 Å². The molecule has 1 amide bonds. The molecule has 2 nitrogen and oxygen atoms in total. The first-order chi connectivity index (χ1) is 9.91. The summed E-state index contributed by atoms with van der Waals surface area (Å²) in [6, 6.07) is 17.5. The molecule has 0 aliphatic carbocycles. The molecule has 2 aromatic carbocycles. The van der Waals surface area contributed by atoms with Crippen LogP contribution in [0.2, 0.25) is 5.02 Å². The maximum atomic E-state index is 12.7. The zero-order chi connectivity index (χ0) is 15.5. The van der Waals surface area contributed by atoms with E-state index in [0.717, 1.165) is 11.1 Å². The van der Waals surface area contributed by atoms with Gasteiger partial charge < -0.3 is 4.90 Å². The van der Waals surface area contributed by atoms with Gasteiger partial charge in [0.2, 0.25) is 5.91 Å². The SMILES string of the molecule is CN(Cc1cccc(Cl)c1)C(=O)C(C)(C)c1ccccc1. The van der Waals surface area contributed by atoms with E-state index in [0.29, 0.717) is 11.6 Å². The third kappa shape index (κ3) is 3.64. The molecule has 0 heterocycles. The zero-order valence-electron chi connectivity index (χ0n) is 12.6. The van der Waals surface area contributed by atoms with E-state index in [2.05, 4.69) is 0 Å². The van der Waals surface area contributed by atoms with Crippen LogP contribution in [0.25, 0.3) is 0 Å². The molecule has 0 atom stereocenters. The van der Waals surface area contributed by atoms with Gasteiger partial charge in [0.1, 0.15) is 0 Å². The predicted molar refractivity (Wildman–Crippen MR) is 87.4 cm³/mol. The molecular weight excluding hydrogens is 282 g/mol. The quantitative estimate of drug-likeness (QED) is 0.825. The van der Waals surface area contributed by atoms with Crippen LogP contribution in [-0.2, 0) is 16.8 Å². The molecule has 110 valence electrons. The number of hydrogen-bond acceptors (Lipinski definition) is 1. The van der Waals surface area contributed by atoms with Crippen LogP contribution >= 0.6 is 11.6 Å². The molecule has 0 aliphatic rings. The fourth-order valence-electron chi connectivity index (χ4n) is 2.44. The Kier molecular flexibility index (Phi) is 4.69. The predicted octanol–water partition coefficient (Wildman–Crippen LogP) is 4.28. The Morgan fingerprint density at radius 2 is 1.76 bits per heavy atom. The van der Waals surface area contributed by atoms with E-state index < -0.39 is 5.41 Å². The molecule has 0 aliphatic heterocycles. The smallest absolute Gasteiger partial charge is 0.232 e. The van der Waals surface area contributed by atoms with Crippen molar-refractivity contribution >= 4 is 17.5 Å². The summed E-state index contributed by atoms with van der Waals surface area (Å²) in [4.78, 5) is 14.5. The number of benzene rings is 2. The molecule has 0 fully saturated rings. The first-order valence-electron chi connectivity index (χ1n) is 6.97. The van der Waals surface area contributed by atoms with Gasteiger partial charge in [-0.3, -0.25) is 4.79 Å². The van der Waals surface area contributed by atoms with Crippen molar-refractivity contribution in [2.75, 3.05) is 7.05 Å². The van der Waals surface area contributed by atoms with Crippen LogP contribution in [0.4, 0.5) is 0 Å². The molecule has 0 saturated carbocycles. The van der Waals surface area contributed by atoms with Gasteiger partial charge in [-0.1, -0.05) is 54.1 Å². The van der Waals surface area contributed by atoms with E-state index in [4.69, 9.17) is 11.6 Å². The number of rotatable bonds is 4. The summed E-state index contributed by atoms with van der Waals surface area (Å²) >= 11 is 5.99. The molecule has 3 heteroatoms. The Balaban J connectivity index is 2.15. The van der Waals surface area contributed by atoms with Crippen molar-refractivity contribution in [1.82, 2.24) is 4.90 Å². The van der Waals surface area contributed by atoms with Crippen molar-refractivity contribution in [3.63, 3.8) is 0 Å². The summed E-state index contributed by atoms with van der Waals surface area (Å²) in [6.45, 7) is 4.47. The molecule has 2 rings (SSSR count).